The molecular formula is C13H17ClN2O2S. The normalized spacial score (nSPS) is 11.7. The first-order chi connectivity index (χ1) is 8.93. The molecule has 1 atom stereocenters. The van der Waals surface area contributed by atoms with E-state index in [-0.39, 0.29) is 23.5 Å². The average molecular weight is 301 g/mol. The molecule has 0 bridgehead atoms. The molecule has 104 valence electrons. The Kier molecular flexibility index (Phi) is 6.05. The van der Waals surface area contributed by atoms with Gasteiger partial charge in [0.25, 0.3) is 5.91 Å². The van der Waals surface area contributed by atoms with E-state index in [9.17, 15) is 4.79 Å². The van der Waals surface area contributed by atoms with Gasteiger partial charge in [0.15, 0.2) is 6.61 Å². The van der Waals surface area contributed by atoms with Crippen LogP contribution in [0.4, 0.5) is 0 Å². The molecule has 4 nitrogen and oxygen atoms in total. The van der Waals surface area contributed by atoms with Gasteiger partial charge in [-0.3, -0.25) is 4.79 Å². The highest BCUT2D eigenvalue weighted by Crippen LogP contribution is 2.22. The van der Waals surface area contributed by atoms with Gasteiger partial charge in [-0.15, -0.1) is 0 Å². The van der Waals surface area contributed by atoms with Crippen molar-refractivity contribution in [2.24, 2.45) is 5.73 Å². The Bertz CT molecular complexity index is 480. The van der Waals surface area contributed by atoms with Crippen molar-refractivity contribution in [1.29, 1.82) is 0 Å². The fraction of sp³-hybridized carbons (Fsp3) is 0.385. The molecule has 1 rings (SSSR count). The van der Waals surface area contributed by atoms with Gasteiger partial charge in [-0.05, 0) is 31.5 Å². The van der Waals surface area contributed by atoms with Crippen molar-refractivity contribution in [3.63, 3.8) is 0 Å². The number of carbonyl (C=O) groups excluding carboxylic acids is 1. The summed E-state index contributed by atoms with van der Waals surface area (Å²) in [6, 6.07) is 5.08. The van der Waals surface area contributed by atoms with Crippen LogP contribution in [0, 0.1) is 0 Å². The predicted octanol–water partition coefficient (Wildman–Crippen LogP) is 2.27. The molecule has 0 saturated heterocycles. The molecule has 0 aliphatic heterocycles. The number of halogens is 1. The van der Waals surface area contributed by atoms with Crippen LogP contribution >= 0.6 is 23.8 Å². The van der Waals surface area contributed by atoms with Gasteiger partial charge in [0.2, 0.25) is 0 Å². The van der Waals surface area contributed by atoms with E-state index in [4.69, 9.17) is 34.3 Å². The second-order valence-electron chi connectivity index (χ2n) is 4.17. The number of amides is 1. The van der Waals surface area contributed by atoms with Gasteiger partial charge < -0.3 is 15.8 Å². The fourth-order valence-corrected chi connectivity index (χ4v) is 1.86. The number of nitrogens with two attached hydrogens (primary N) is 1. The summed E-state index contributed by atoms with van der Waals surface area (Å²) in [7, 11) is 0. The number of nitrogens with one attached hydrogen (secondary N) is 1. The molecule has 1 amide bonds. The summed E-state index contributed by atoms with van der Waals surface area (Å²) in [5.41, 5.74) is 6.09. The molecule has 0 aromatic heterocycles. The smallest absolute Gasteiger partial charge is 0.258 e. The molecule has 1 aromatic carbocycles. The van der Waals surface area contributed by atoms with Crippen LogP contribution in [0.1, 0.15) is 25.8 Å². The average Bonchev–Trinajstić information content (AvgIpc) is 2.35. The van der Waals surface area contributed by atoms with E-state index in [1.165, 1.54) is 0 Å². The third kappa shape index (κ3) is 5.04. The molecular weight excluding hydrogens is 284 g/mol. The number of thiocarbonyl (C=S) groups is 1. The van der Waals surface area contributed by atoms with Crippen LogP contribution < -0.4 is 15.8 Å². The van der Waals surface area contributed by atoms with Crippen LogP contribution in [-0.2, 0) is 4.79 Å². The lowest BCUT2D eigenvalue weighted by molar-refractivity contribution is -0.123. The Labute approximate surface area is 123 Å². The molecule has 0 saturated carbocycles. The third-order valence-electron chi connectivity index (χ3n) is 2.60. The second-order valence-corrected chi connectivity index (χ2v) is 5.02. The van der Waals surface area contributed by atoms with Gasteiger partial charge in [0.1, 0.15) is 10.7 Å². The zero-order valence-corrected chi connectivity index (χ0v) is 12.5. The molecule has 3 N–H and O–H groups in total. The van der Waals surface area contributed by atoms with Gasteiger partial charge in [-0.2, -0.15) is 0 Å². The van der Waals surface area contributed by atoms with E-state index in [1.807, 2.05) is 13.8 Å². The summed E-state index contributed by atoms with van der Waals surface area (Å²) in [4.78, 5) is 11.8. The number of hydrogen-bond acceptors (Lipinski definition) is 3. The Balaban J connectivity index is 2.57. The molecule has 6 heteroatoms. The van der Waals surface area contributed by atoms with E-state index in [1.54, 1.807) is 18.2 Å². The van der Waals surface area contributed by atoms with E-state index in [0.29, 0.717) is 16.3 Å². The molecule has 0 fully saturated rings. The van der Waals surface area contributed by atoms with Crippen LogP contribution in [0.5, 0.6) is 5.75 Å². The lowest BCUT2D eigenvalue weighted by atomic mass is 10.2. The van der Waals surface area contributed by atoms with E-state index < -0.39 is 0 Å². The minimum absolute atomic E-state index is 0.0485. The molecule has 19 heavy (non-hydrogen) atoms. The molecule has 0 aliphatic rings. The molecule has 1 unspecified atom stereocenters. The fourth-order valence-electron chi connectivity index (χ4n) is 1.35. The molecule has 0 heterocycles. The van der Waals surface area contributed by atoms with Crippen molar-refractivity contribution in [2.75, 3.05) is 6.61 Å². The molecule has 0 radical (unpaired) electrons. The largest absolute Gasteiger partial charge is 0.484 e. The van der Waals surface area contributed by atoms with Crippen molar-refractivity contribution in [2.45, 2.75) is 26.3 Å². The Morgan fingerprint density at radius 2 is 2.26 bits per heavy atom. The third-order valence-corrected chi connectivity index (χ3v) is 3.13. The standard InChI is InChI=1S/C13H17ClN2O2S/c1-3-8(2)16-12(17)7-18-9-4-5-10(13(15)19)11(14)6-9/h4-6,8H,3,7H2,1-2H3,(H2,15,19)(H,16,17). The summed E-state index contributed by atoms with van der Waals surface area (Å²) in [6.45, 7) is 3.89. The first-order valence-corrected chi connectivity index (χ1v) is 6.74. The minimum Gasteiger partial charge on any atom is -0.484 e. The maximum atomic E-state index is 11.5. The van der Waals surface area contributed by atoms with Crippen LogP contribution in [0.25, 0.3) is 0 Å². The highest BCUT2D eigenvalue weighted by Gasteiger charge is 2.08. The number of carbonyl (C=O) groups is 1. The molecule has 0 spiro atoms. The highest BCUT2D eigenvalue weighted by atomic mass is 35.5. The minimum atomic E-state index is -0.163. The van der Waals surface area contributed by atoms with Crippen molar-refractivity contribution in [3.8, 4) is 5.75 Å². The first kappa shape index (κ1) is 15.7. The van der Waals surface area contributed by atoms with E-state index in [2.05, 4.69) is 5.32 Å². The summed E-state index contributed by atoms with van der Waals surface area (Å²) in [5.74, 6) is 0.341. The van der Waals surface area contributed by atoms with Gasteiger partial charge in [0.05, 0.1) is 5.02 Å². The Morgan fingerprint density at radius 1 is 1.58 bits per heavy atom. The lowest BCUT2D eigenvalue weighted by Gasteiger charge is -2.12. The lowest BCUT2D eigenvalue weighted by Crippen LogP contribution is -2.35. The van der Waals surface area contributed by atoms with Crippen LogP contribution in [0.15, 0.2) is 18.2 Å². The Hall–Kier alpha value is -1.33. The SMILES string of the molecule is CCC(C)NC(=O)COc1ccc(C(N)=S)c(Cl)c1. The number of rotatable bonds is 6. The topological polar surface area (TPSA) is 64.3 Å². The maximum Gasteiger partial charge on any atom is 0.258 e. The van der Waals surface area contributed by atoms with Crippen LogP contribution in [-0.4, -0.2) is 23.5 Å². The second kappa shape index (κ2) is 7.31. The number of hydrogen-bond donors (Lipinski definition) is 2. The van der Waals surface area contributed by atoms with Crippen LogP contribution in [0.2, 0.25) is 5.02 Å². The zero-order chi connectivity index (χ0) is 14.4. The van der Waals surface area contributed by atoms with Gasteiger partial charge in [0, 0.05) is 11.6 Å². The van der Waals surface area contributed by atoms with Crippen molar-refractivity contribution >= 4 is 34.7 Å². The van der Waals surface area contributed by atoms with Gasteiger partial charge in [-0.1, -0.05) is 30.7 Å². The summed E-state index contributed by atoms with van der Waals surface area (Å²) in [5, 5.41) is 3.22. The van der Waals surface area contributed by atoms with Gasteiger partial charge in [-0.25, -0.2) is 0 Å². The van der Waals surface area contributed by atoms with E-state index >= 15 is 0 Å². The van der Waals surface area contributed by atoms with Crippen LogP contribution in [0.3, 0.4) is 0 Å². The number of benzene rings is 1. The number of ether oxygens (including phenoxy) is 1. The molecule has 0 aliphatic carbocycles. The maximum absolute atomic E-state index is 11.5. The summed E-state index contributed by atoms with van der Waals surface area (Å²) >= 11 is 10.8. The first-order valence-electron chi connectivity index (χ1n) is 5.95. The van der Waals surface area contributed by atoms with E-state index in [0.717, 1.165) is 6.42 Å². The highest BCUT2D eigenvalue weighted by molar-refractivity contribution is 7.80. The monoisotopic (exact) mass is 300 g/mol. The predicted molar refractivity (Wildman–Crippen MR) is 80.7 cm³/mol. The Morgan fingerprint density at radius 3 is 2.79 bits per heavy atom. The van der Waals surface area contributed by atoms with Crippen molar-refractivity contribution in [1.82, 2.24) is 5.32 Å². The summed E-state index contributed by atoms with van der Waals surface area (Å²) < 4.78 is 5.35. The van der Waals surface area contributed by atoms with Gasteiger partial charge >= 0.3 is 0 Å². The summed E-state index contributed by atoms with van der Waals surface area (Å²) in [6.07, 6.45) is 0.875. The zero-order valence-electron chi connectivity index (χ0n) is 10.9. The van der Waals surface area contributed by atoms with Crippen molar-refractivity contribution < 1.29 is 9.53 Å². The molecule has 1 aromatic rings. The quantitative estimate of drug-likeness (QED) is 0.791. The van der Waals surface area contributed by atoms with Crippen molar-refractivity contribution in [3.05, 3.63) is 28.8 Å².